The van der Waals surface area contributed by atoms with Crippen molar-refractivity contribution in [1.82, 2.24) is 14.7 Å². The number of methoxy groups -OCH3 is 1. The van der Waals surface area contributed by atoms with Crippen LogP contribution in [-0.2, 0) is 16.1 Å². The molecule has 230 valence electrons. The number of anilines is 1. The predicted molar refractivity (Wildman–Crippen MR) is 172 cm³/mol. The Hall–Kier alpha value is -4.05. The zero-order valence-electron chi connectivity index (χ0n) is 25.2. The first kappa shape index (κ1) is 31.4. The second kappa shape index (κ2) is 12.9. The SMILES string of the molecule is CC.COc1cc2c(cc1-c1cccc(NC=O)c1)-c1c(c(C(=O)N3CCOCC3(C)C)nn1-c1cc(Cl)cc(Cl)c1)CO2. The number of fused-ring (bicyclic) bond motifs is 3. The van der Waals surface area contributed by atoms with Crippen molar-refractivity contribution < 1.29 is 23.8 Å². The van der Waals surface area contributed by atoms with E-state index in [1.54, 1.807) is 41.0 Å². The lowest BCUT2D eigenvalue weighted by Gasteiger charge is -2.41. The Balaban J connectivity index is 0.00000188. The molecule has 0 radical (unpaired) electrons. The van der Waals surface area contributed by atoms with Crippen molar-refractivity contribution in [3.8, 4) is 39.6 Å². The average Bonchev–Trinajstić information content (AvgIpc) is 3.41. The molecule has 44 heavy (non-hydrogen) atoms. The molecular weight excluding hydrogens is 603 g/mol. The molecule has 3 heterocycles. The fourth-order valence-corrected chi connectivity index (χ4v) is 6.02. The normalized spacial score (nSPS) is 14.8. The Morgan fingerprint density at radius 2 is 1.82 bits per heavy atom. The van der Waals surface area contributed by atoms with Crippen molar-refractivity contribution in [2.75, 3.05) is 32.2 Å². The maximum Gasteiger partial charge on any atom is 0.275 e. The van der Waals surface area contributed by atoms with Crippen molar-refractivity contribution in [3.63, 3.8) is 0 Å². The van der Waals surface area contributed by atoms with Crippen molar-refractivity contribution >= 4 is 41.2 Å². The monoisotopic (exact) mass is 636 g/mol. The van der Waals surface area contributed by atoms with Gasteiger partial charge in [0.1, 0.15) is 18.1 Å². The summed E-state index contributed by atoms with van der Waals surface area (Å²) in [4.78, 5) is 27.0. The van der Waals surface area contributed by atoms with E-state index in [1.807, 2.05) is 58.0 Å². The molecule has 0 bridgehead atoms. The second-order valence-corrected chi connectivity index (χ2v) is 11.6. The lowest BCUT2D eigenvalue weighted by molar-refractivity contribution is -0.105. The minimum Gasteiger partial charge on any atom is -0.496 e. The molecule has 4 aromatic rings. The number of hydrogen-bond donors (Lipinski definition) is 1. The minimum atomic E-state index is -0.514. The van der Waals surface area contributed by atoms with Crippen LogP contribution in [0, 0.1) is 0 Å². The summed E-state index contributed by atoms with van der Waals surface area (Å²) in [6.07, 6.45) is 0.631. The van der Waals surface area contributed by atoms with Gasteiger partial charge in [-0.2, -0.15) is 5.10 Å². The molecule has 0 atom stereocenters. The molecule has 1 saturated heterocycles. The highest BCUT2D eigenvalue weighted by Crippen LogP contribution is 2.46. The van der Waals surface area contributed by atoms with Gasteiger partial charge in [-0.25, -0.2) is 4.68 Å². The van der Waals surface area contributed by atoms with Crippen LogP contribution in [-0.4, -0.2) is 59.4 Å². The number of nitrogens with zero attached hydrogens (tertiary/aromatic N) is 3. The first-order chi connectivity index (χ1) is 21.2. The van der Waals surface area contributed by atoms with Crippen LogP contribution >= 0.6 is 23.2 Å². The Morgan fingerprint density at radius 3 is 2.50 bits per heavy atom. The summed E-state index contributed by atoms with van der Waals surface area (Å²) in [5.41, 5.74) is 4.65. The number of amides is 2. The molecule has 1 aromatic heterocycles. The van der Waals surface area contributed by atoms with E-state index in [2.05, 4.69) is 5.32 Å². The molecule has 6 rings (SSSR count). The lowest BCUT2D eigenvalue weighted by atomic mass is 9.95. The number of morpholine rings is 1. The molecule has 2 amide bonds. The topological polar surface area (TPSA) is 94.9 Å². The molecule has 0 spiro atoms. The number of carbonyl (C=O) groups is 2. The summed E-state index contributed by atoms with van der Waals surface area (Å²) < 4.78 is 19.3. The quantitative estimate of drug-likeness (QED) is 0.224. The smallest absolute Gasteiger partial charge is 0.275 e. The van der Waals surface area contributed by atoms with Gasteiger partial charge in [0.05, 0.1) is 37.2 Å². The number of benzene rings is 3. The maximum absolute atomic E-state index is 14.1. The fourth-order valence-electron chi connectivity index (χ4n) is 5.50. The zero-order valence-corrected chi connectivity index (χ0v) is 26.8. The molecule has 0 aliphatic carbocycles. The van der Waals surface area contributed by atoms with Crippen LogP contribution in [0.3, 0.4) is 0 Å². The Morgan fingerprint density at radius 1 is 1.07 bits per heavy atom. The summed E-state index contributed by atoms with van der Waals surface area (Å²) >= 11 is 12.8. The summed E-state index contributed by atoms with van der Waals surface area (Å²) in [7, 11) is 1.59. The molecule has 3 aromatic carbocycles. The van der Waals surface area contributed by atoms with E-state index in [9.17, 15) is 9.59 Å². The summed E-state index contributed by atoms with van der Waals surface area (Å²) in [6.45, 7) is 9.39. The lowest BCUT2D eigenvalue weighted by Crippen LogP contribution is -2.55. The number of nitrogens with one attached hydrogen (secondary N) is 1. The number of aromatic nitrogens is 2. The van der Waals surface area contributed by atoms with Crippen molar-refractivity contribution in [1.29, 1.82) is 0 Å². The van der Waals surface area contributed by atoms with Crippen LogP contribution in [0.4, 0.5) is 5.69 Å². The predicted octanol–water partition coefficient (Wildman–Crippen LogP) is 7.26. The van der Waals surface area contributed by atoms with Gasteiger partial charge in [0.25, 0.3) is 5.91 Å². The van der Waals surface area contributed by atoms with Crippen LogP contribution in [0.5, 0.6) is 11.5 Å². The van der Waals surface area contributed by atoms with Crippen LogP contribution in [0.1, 0.15) is 43.7 Å². The summed E-state index contributed by atoms with van der Waals surface area (Å²) in [5.74, 6) is 0.953. The van der Waals surface area contributed by atoms with E-state index >= 15 is 0 Å². The van der Waals surface area contributed by atoms with Gasteiger partial charge in [-0.05, 0) is 55.8 Å². The summed E-state index contributed by atoms with van der Waals surface area (Å²) in [6, 6.07) is 16.3. The van der Waals surface area contributed by atoms with E-state index < -0.39 is 5.54 Å². The van der Waals surface area contributed by atoms with E-state index in [0.29, 0.717) is 75.9 Å². The molecule has 2 aliphatic heterocycles. The number of ether oxygens (including phenoxy) is 3. The number of hydrogen-bond acceptors (Lipinski definition) is 6. The Labute approximate surface area is 266 Å². The van der Waals surface area contributed by atoms with E-state index in [1.165, 1.54) is 0 Å². The number of rotatable bonds is 6. The molecule has 9 nitrogen and oxygen atoms in total. The van der Waals surface area contributed by atoms with Crippen molar-refractivity contribution in [2.24, 2.45) is 0 Å². The molecule has 0 saturated carbocycles. The Bertz CT molecular complexity index is 1700. The third kappa shape index (κ3) is 5.87. The minimum absolute atomic E-state index is 0.129. The van der Waals surface area contributed by atoms with E-state index in [4.69, 9.17) is 42.5 Å². The van der Waals surface area contributed by atoms with Gasteiger partial charge >= 0.3 is 0 Å². The molecule has 11 heteroatoms. The third-order valence-corrected chi connectivity index (χ3v) is 7.93. The van der Waals surface area contributed by atoms with Crippen LogP contribution in [0.15, 0.2) is 54.6 Å². The van der Waals surface area contributed by atoms with Gasteiger partial charge in [-0.15, -0.1) is 0 Å². The Kier molecular flexibility index (Phi) is 9.20. The third-order valence-electron chi connectivity index (χ3n) is 7.50. The molecule has 0 unspecified atom stereocenters. The number of carbonyl (C=O) groups excluding carboxylic acids is 2. The standard InChI is InChI=1S/C31H28Cl2N4O5.C2H6/c1-31(2)16-41-8-7-36(31)30(39)28-25-15-42-27-14-26(40-3)23(18-5-4-6-21(9-18)34-17-38)13-24(27)29(25)37(35-28)22-11-19(32)10-20(33)12-22;1-2/h4-6,9-14,17H,7-8,15-16H2,1-3H3,(H,34,38);1-2H3. The highest BCUT2D eigenvalue weighted by molar-refractivity contribution is 6.34. The van der Waals surface area contributed by atoms with Gasteiger partial charge in [-0.1, -0.05) is 49.2 Å². The molecule has 2 aliphatic rings. The molecule has 1 fully saturated rings. The van der Waals surface area contributed by atoms with E-state index in [0.717, 1.165) is 11.1 Å². The van der Waals surface area contributed by atoms with E-state index in [-0.39, 0.29) is 18.2 Å². The summed E-state index contributed by atoms with van der Waals surface area (Å²) in [5, 5.41) is 8.44. The highest BCUT2D eigenvalue weighted by Gasteiger charge is 2.39. The number of halogens is 2. The van der Waals surface area contributed by atoms with Gasteiger partial charge < -0.3 is 24.4 Å². The molecular formula is C33H34Cl2N4O5. The first-order valence-corrected chi connectivity index (χ1v) is 15.1. The average molecular weight is 638 g/mol. The van der Waals surface area contributed by atoms with Gasteiger partial charge in [-0.3, -0.25) is 9.59 Å². The van der Waals surface area contributed by atoms with Gasteiger partial charge in [0.2, 0.25) is 6.41 Å². The largest absolute Gasteiger partial charge is 0.496 e. The highest BCUT2D eigenvalue weighted by atomic mass is 35.5. The first-order valence-electron chi connectivity index (χ1n) is 14.3. The van der Waals surface area contributed by atoms with Crippen molar-refractivity contribution in [3.05, 3.63) is 75.9 Å². The fraction of sp³-hybridized carbons (Fsp3) is 0.303. The van der Waals surface area contributed by atoms with Gasteiger partial charge in [0.15, 0.2) is 5.69 Å². The van der Waals surface area contributed by atoms with Crippen molar-refractivity contribution in [2.45, 2.75) is 39.8 Å². The maximum atomic E-state index is 14.1. The zero-order chi connectivity index (χ0) is 31.6. The molecule has 1 N–H and O–H groups in total. The van der Waals surface area contributed by atoms with Crippen LogP contribution in [0.25, 0.3) is 28.1 Å². The van der Waals surface area contributed by atoms with Crippen LogP contribution < -0.4 is 14.8 Å². The van der Waals surface area contributed by atoms with Crippen LogP contribution in [0.2, 0.25) is 10.0 Å². The second-order valence-electron chi connectivity index (χ2n) is 10.7. The van der Waals surface area contributed by atoms with Gasteiger partial charge in [0, 0.05) is 45.0 Å².